The Balaban J connectivity index is 1.79. The summed E-state index contributed by atoms with van der Waals surface area (Å²) in [5, 5.41) is 3.57. The van der Waals surface area contributed by atoms with Gasteiger partial charge >= 0.3 is 0 Å². The number of ether oxygens (including phenoxy) is 1. The van der Waals surface area contributed by atoms with Gasteiger partial charge in [-0.1, -0.05) is 29.3 Å². The number of nitrogens with one attached hydrogen (secondary N) is 1. The van der Waals surface area contributed by atoms with Crippen LogP contribution in [0.1, 0.15) is 18.4 Å². The number of anilines is 1. The molecule has 1 fully saturated rings. The number of nitrogens with zero attached hydrogens (tertiary/aromatic N) is 1. The minimum atomic E-state index is -3.80. The van der Waals surface area contributed by atoms with Crippen molar-refractivity contribution in [2.45, 2.75) is 24.7 Å². The van der Waals surface area contributed by atoms with Gasteiger partial charge in [0.15, 0.2) is 0 Å². The molecule has 3 rings (SSSR count). The molecule has 0 aliphatic carbocycles. The van der Waals surface area contributed by atoms with Crippen molar-refractivity contribution in [3.63, 3.8) is 0 Å². The number of carbonyl (C=O) groups excluding carboxylic acids is 1. The lowest BCUT2D eigenvalue weighted by Gasteiger charge is -2.31. The van der Waals surface area contributed by atoms with E-state index in [-0.39, 0.29) is 23.1 Å². The van der Waals surface area contributed by atoms with E-state index in [1.807, 2.05) is 6.92 Å². The summed E-state index contributed by atoms with van der Waals surface area (Å²) in [6, 6.07) is 9.81. The molecule has 1 N–H and O–H groups in total. The number of hydrogen-bond donors (Lipinski definition) is 1. The van der Waals surface area contributed by atoms with E-state index < -0.39 is 15.9 Å². The Kier molecular flexibility index (Phi) is 6.73. The van der Waals surface area contributed by atoms with Gasteiger partial charge in [0, 0.05) is 18.1 Å². The van der Waals surface area contributed by atoms with E-state index in [0.717, 1.165) is 5.56 Å². The normalized spacial score (nSPS) is 17.7. The fourth-order valence-corrected chi connectivity index (χ4v) is 5.54. The van der Waals surface area contributed by atoms with Crippen LogP contribution in [0.15, 0.2) is 41.3 Å². The maximum absolute atomic E-state index is 13.2. The molecule has 2 aromatic rings. The van der Waals surface area contributed by atoms with Gasteiger partial charge in [-0.15, -0.1) is 0 Å². The van der Waals surface area contributed by atoms with Crippen LogP contribution < -0.4 is 10.1 Å². The first kappa shape index (κ1) is 21.9. The van der Waals surface area contributed by atoms with Gasteiger partial charge in [0.05, 0.1) is 23.7 Å². The Labute approximate surface area is 180 Å². The third-order valence-corrected chi connectivity index (χ3v) is 7.32. The van der Waals surface area contributed by atoms with Gasteiger partial charge in [-0.05, 0) is 55.7 Å². The molecule has 2 aromatic carbocycles. The molecule has 29 heavy (non-hydrogen) atoms. The highest BCUT2D eigenvalue weighted by atomic mass is 35.5. The largest absolute Gasteiger partial charge is 0.495 e. The molecule has 0 spiro atoms. The van der Waals surface area contributed by atoms with E-state index in [4.69, 9.17) is 27.9 Å². The Hall–Kier alpha value is -1.80. The number of sulfonamides is 1. The van der Waals surface area contributed by atoms with Crippen molar-refractivity contribution in [1.29, 1.82) is 0 Å². The first-order valence-electron chi connectivity index (χ1n) is 9.13. The molecule has 0 aromatic heterocycles. The highest BCUT2D eigenvalue weighted by Gasteiger charge is 2.35. The molecule has 0 unspecified atom stereocenters. The number of methoxy groups -OCH3 is 1. The van der Waals surface area contributed by atoms with Crippen molar-refractivity contribution in [3.8, 4) is 5.75 Å². The van der Waals surface area contributed by atoms with Crippen molar-refractivity contribution in [1.82, 2.24) is 4.31 Å². The third-order valence-electron chi connectivity index (χ3n) is 4.88. The monoisotopic (exact) mass is 456 g/mol. The van der Waals surface area contributed by atoms with Gasteiger partial charge in [0.1, 0.15) is 10.6 Å². The maximum atomic E-state index is 13.2. The molecule has 1 heterocycles. The SMILES string of the molecule is COc1ccc(C)cc1S(=O)(=O)N1CCC[C@H](C(=O)Nc2ccc(Cl)cc2Cl)C1. The number of hydrogen-bond acceptors (Lipinski definition) is 4. The van der Waals surface area contributed by atoms with Crippen LogP contribution >= 0.6 is 23.2 Å². The Bertz CT molecular complexity index is 1030. The zero-order valence-corrected chi connectivity index (χ0v) is 18.4. The molecule has 1 saturated heterocycles. The van der Waals surface area contributed by atoms with E-state index in [2.05, 4.69) is 5.32 Å². The second-order valence-electron chi connectivity index (χ2n) is 6.97. The van der Waals surface area contributed by atoms with E-state index >= 15 is 0 Å². The third kappa shape index (κ3) is 4.86. The maximum Gasteiger partial charge on any atom is 0.246 e. The van der Waals surface area contributed by atoms with Crippen LogP contribution in [0, 0.1) is 12.8 Å². The van der Waals surface area contributed by atoms with Gasteiger partial charge in [-0.25, -0.2) is 8.42 Å². The fraction of sp³-hybridized carbons (Fsp3) is 0.350. The van der Waals surface area contributed by atoms with Crippen LogP contribution in [-0.2, 0) is 14.8 Å². The summed E-state index contributed by atoms with van der Waals surface area (Å²) in [6.07, 6.45) is 1.17. The standard InChI is InChI=1S/C20H22Cl2N2O4S/c1-13-5-8-18(28-2)19(10-13)29(26,27)24-9-3-4-14(12-24)20(25)23-17-7-6-15(21)11-16(17)22/h5-8,10-11,14H,3-4,9,12H2,1-2H3,(H,23,25)/t14-/m0/s1. The molecule has 0 bridgehead atoms. The number of piperidine rings is 1. The lowest BCUT2D eigenvalue weighted by atomic mass is 9.99. The van der Waals surface area contributed by atoms with Crippen LogP contribution in [0.25, 0.3) is 0 Å². The Morgan fingerprint density at radius 3 is 2.66 bits per heavy atom. The van der Waals surface area contributed by atoms with E-state index in [0.29, 0.717) is 35.1 Å². The van der Waals surface area contributed by atoms with Gasteiger partial charge in [-0.3, -0.25) is 4.79 Å². The van der Waals surface area contributed by atoms with E-state index in [9.17, 15) is 13.2 Å². The van der Waals surface area contributed by atoms with Crippen molar-refractivity contribution in [2.24, 2.45) is 5.92 Å². The predicted molar refractivity (Wildman–Crippen MR) is 114 cm³/mol. The number of amides is 1. The molecule has 9 heteroatoms. The summed E-state index contributed by atoms with van der Waals surface area (Å²) in [6.45, 7) is 2.27. The first-order chi connectivity index (χ1) is 13.7. The quantitative estimate of drug-likeness (QED) is 0.725. The molecule has 1 aliphatic heterocycles. The van der Waals surface area contributed by atoms with E-state index in [1.54, 1.807) is 36.4 Å². The van der Waals surface area contributed by atoms with Crippen molar-refractivity contribution >= 4 is 44.8 Å². The number of rotatable bonds is 5. The fourth-order valence-electron chi connectivity index (χ4n) is 3.32. The highest BCUT2D eigenvalue weighted by Crippen LogP contribution is 2.31. The number of halogens is 2. The lowest BCUT2D eigenvalue weighted by Crippen LogP contribution is -2.43. The van der Waals surface area contributed by atoms with Crippen molar-refractivity contribution < 1.29 is 17.9 Å². The summed E-state index contributed by atoms with van der Waals surface area (Å²) >= 11 is 12.0. The average Bonchev–Trinajstić information content (AvgIpc) is 2.70. The Morgan fingerprint density at radius 2 is 1.97 bits per heavy atom. The van der Waals surface area contributed by atoms with Crippen LogP contribution in [0.2, 0.25) is 10.0 Å². The zero-order chi connectivity index (χ0) is 21.2. The molecule has 0 radical (unpaired) electrons. The Morgan fingerprint density at radius 1 is 1.21 bits per heavy atom. The summed E-state index contributed by atoms with van der Waals surface area (Å²) < 4.78 is 33.0. The highest BCUT2D eigenvalue weighted by molar-refractivity contribution is 7.89. The van der Waals surface area contributed by atoms with Gasteiger partial charge in [-0.2, -0.15) is 4.31 Å². The molecular formula is C20H22Cl2N2O4S. The predicted octanol–water partition coefficient (Wildman–Crippen LogP) is 4.35. The molecule has 1 aliphatic rings. The number of carbonyl (C=O) groups is 1. The smallest absolute Gasteiger partial charge is 0.246 e. The van der Waals surface area contributed by atoms with Gasteiger partial charge in [0.2, 0.25) is 15.9 Å². The second kappa shape index (κ2) is 8.92. The zero-order valence-electron chi connectivity index (χ0n) is 16.1. The molecular weight excluding hydrogens is 435 g/mol. The molecule has 1 amide bonds. The minimum absolute atomic E-state index is 0.0937. The molecule has 156 valence electrons. The van der Waals surface area contributed by atoms with Gasteiger partial charge < -0.3 is 10.1 Å². The van der Waals surface area contributed by atoms with E-state index in [1.165, 1.54) is 11.4 Å². The summed E-state index contributed by atoms with van der Waals surface area (Å²) in [4.78, 5) is 12.9. The summed E-state index contributed by atoms with van der Waals surface area (Å²) in [5.74, 6) is -0.471. The van der Waals surface area contributed by atoms with Crippen LogP contribution in [-0.4, -0.2) is 38.8 Å². The first-order valence-corrected chi connectivity index (χ1v) is 11.3. The minimum Gasteiger partial charge on any atom is -0.495 e. The molecule has 6 nitrogen and oxygen atoms in total. The number of aryl methyl sites for hydroxylation is 1. The lowest BCUT2D eigenvalue weighted by molar-refractivity contribution is -0.120. The van der Waals surface area contributed by atoms with Crippen LogP contribution in [0.3, 0.4) is 0 Å². The number of benzene rings is 2. The summed E-state index contributed by atoms with van der Waals surface area (Å²) in [7, 11) is -2.36. The van der Waals surface area contributed by atoms with Gasteiger partial charge in [0.25, 0.3) is 0 Å². The van der Waals surface area contributed by atoms with Crippen molar-refractivity contribution in [3.05, 3.63) is 52.0 Å². The topological polar surface area (TPSA) is 75.7 Å². The second-order valence-corrected chi connectivity index (χ2v) is 9.72. The van der Waals surface area contributed by atoms with Crippen LogP contribution in [0.5, 0.6) is 5.75 Å². The van der Waals surface area contributed by atoms with Crippen molar-refractivity contribution in [2.75, 3.05) is 25.5 Å². The molecule has 1 atom stereocenters. The molecule has 0 saturated carbocycles. The summed E-state index contributed by atoms with van der Waals surface area (Å²) in [5.41, 5.74) is 1.26. The van der Waals surface area contributed by atoms with Crippen LogP contribution in [0.4, 0.5) is 5.69 Å². The average molecular weight is 457 g/mol.